The van der Waals surface area contributed by atoms with Gasteiger partial charge in [-0.25, -0.2) is 0 Å². The third kappa shape index (κ3) is 7.86. The minimum absolute atomic E-state index is 1.12. The molecule has 0 aromatic heterocycles. The molecule has 2 aromatic carbocycles. The average Bonchev–Trinajstić information content (AvgIpc) is 2.57. The van der Waals surface area contributed by atoms with E-state index in [9.17, 15) is 0 Å². The van der Waals surface area contributed by atoms with Gasteiger partial charge < -0.3 is 0 Å². The van der Waals surface area contributed by atoms with Crippen molar-refractivity contribution in [2.24, 2.45) is 0 Å². The molecule has 0 bridgehead atoms. The highest BCUT2D eigenvalue weighted by Crippen LogP contribution is 2.08. The van der Waals surface area contributed by atoms with Crippen LogP contribution in [0.15, 0.2) is 97.6 Å². The van der Waals surface area contributed by atoms with Crippen LogP contribution in [0.1, 0.15) is 25.0 Å². The number of hydrogen-bond donors (Lipinski definition) is 0. The second-order valence-electron chi connectivity index (χ2n) is 4.83. The fourth-order valence-corrected chi connectivity index (χ4v) is 1.69. The van der Waals surface area contributed by atoms with E-state index in [2.05, 4.69) is 36.9 Å². The summed E-state index contributed by atoms with van der Waals surface area (Å²) in [4.78, 5) is 0. The molecular weight excluding hydrogens is 264 g/mol. The molecule has 0 unspecified atom stereocenters. The van der Waals surface area contributed by atoms with Crippen molar-refractivity contribution in [2.45, 2.75) is 13.8 Å². The van der Waals surface area contributed by atoms with Gasteiger partial charge in [0.15, 0.2) is 0 Å². The van der Waals surface area contributed by atoms with Gasteiger partial charge in [0.2, 0.25) is 0 Å². The molecule has 0 heterocycles. The second kappa shape index (κ2) is 11.1. The smallest absolute Gasteiger partial charge is 0.0233 e. The molecule has 0 aliphatic heterocycles. The van der Waals surface area contributed by atoms with Crippen LogP contribution in [0.25, 0.3) is 11.6 Å². The predicted octanol–water partition coefficient (Wildman–Crippen LogP) is 6.55. The molecule has 0 radical (unpaired) electrons. The first-order valence-electron chi connectivity index (χ1n) is 7.46. The largest absolute Gasteiger partial charge is 0.0955 e. The van der Waals surface area contributed by atoms with Gasteiger partial charge in [-0.05, 0) is 25.0 Å². The van der Waals surface area contributed by atoms with E-state index in [1.807, 2.05) is 80.6 Å². The fourth-order valence-electron chi connectivity index (χ4n) is 1.69. The van der Waals surface area contributed by atoms with Crippen LogP contribution in [0.3, 0.4) is 0 Å². The highest BCUT2D eigenvalue weighted by atomic mass is 13.9. The maximum atomic E-state index is 3.83. The van der Waals surface area contributed by atoms with Crippen LogP contribution >= 0.6 is 0 Å². The molecule has 22 heavy (non-hydrogen) atoms. The Kier molecular flexibility index (Phi) is 8.81. The van der Waals surface area contributed by atoms with Gasteiger partial charge >= 0.3 is 0 Å². The summed E-state index contributed by atoms with van der Waals surface area (Å²) in [5, 5.41) is 0. The Morgan fingerprint density at radius 3 is 1.82 bits per heavy atom. The molecular formula is C22H24. The zero-order valence-electron chi connectivity index (χ0n) is 13.4. The quantitative estimate of drug-likeness (QED) is 0.559. The summed E-state index contributed by atoms with van der Waals surface area (Å²) in [6, 6.07) is 20.4. The van der Waals surface area contributed by atoms with Crippen molar-refractivity contribution in [1.82, 2.24) is 0 Å². The summed E-state index contributed by atoms with van der Waals surface area (Å²) in [6.45, 7) is 7.84. The maximum Gasteiger partial charge on any atom is -0.0233 e. The molecule has 0 amide bonds. The lowest BCUT2D eigenvalue weighted by Crippen LogP contribution is -1.72. The zero-order valence-corrected chi connectivity index (χ0v) is 13.4. The van der Waals surface area contributed by atoms with Gasteiger partial charge in [-0.1, -0.05) is 109 Å². The summed E-state index contributed by atoms with van der Waals surface area (Å²) in [6.07, 6.45) is 12.2. The highest BCUT2D eigenvalue weighted by molar-refractivity contribution is 5.60. The molecule has 2 aromatic rings. The molecule has 0 atom stereocenters. The zero-order chi connectivity index (χ0) is 16.0. The molecule has 0 nitrogen and oxygen atoms in total. The Balaban J connectivity index is 0.000000235. The monoisotopic (exact) mass is 288 g/mol. The Morgan fingerprint density at radius 2 is 1.32 bits per heavy atom. The van der Waals surface area contributed by atoms with E-state index in [0.29, 0.717) is 0 Å². The average molecular weight is 288 g/mol. The Morgan fingerprint density at radius 1 is 0.773 bits per heavy atom. The topological polar surface area (TPSA) is 0 Å². The number of hydrogen-bond acceptors (Lipinski definition) is 0. The van der Waals surface area contributed by atoms with Crippen molar-refractivity contribution < 1.29 is 0 Å². The van der Waals surface area contributed by atoms with Crippen molar-refractivity contribution in [3.8, 4) is 0 Å². The standard InChI is InChI=1S/C13H14.C9H10/c1-2-3-4-5-7-10-13-11-8-6-9-12-13;1-8(2)9-6-4-3-5-7-9/h2-12H,1H3;3-7H,1H2,2H3. The summed E-state index contributed by atoms with van der Waals surface area (Å²) in [5.74, 6) is 0. The molecule has 0 spiro atoms. The van der Waals surface area contributed by atoms with E-state index in [-0.39, 0.29) is 0 Å². The summed E-state index contributed by atoms with van der Waals surface area (Å²) < 4.78 is 0. The number of benzene rings is 2. The van der Waals surface area contributed by atoms with E-state index < -0.39 is 0 Å². The summed E-state index contributed by atoms with van der Waals surface area (Å²) >= 11 is 0. The van der Waals surface area contributed by atoms with Crippen molar-refractivity contribution in [1.29, 1.82) is 0 Å². The molecule has 0 saturated carbocycles. The predicted molar refractivity (Wildman–Crippen MR) is 101 cm³/mol. The third-order valence-corrected chi connectivity index (χ3v) is 2.88. The third-order valence-electron chi connectivity index (χ3n) is 2.88. The van der Waals surface area contributed by atoms with Gasteiger partial charge in [-0.15, -0.1) is 0 Å². The normalized spacial score (nSPS) is 10.8. The van der Waals surface area contributed by atoms with E-state index in [0.717, 1.165) is 5.57 Å². The Hall–Kier alpha value is -2.60. The van der Waals surface area contributed by atoms with E-state index in [1.54, 1.807) is 0 Å². The van der Waals surface area contributed by atoms with Gasteiger partial charge in [0.05, 0.1) is 0 Å². The Bertz CT molecular complexity index is 614. The van der Waals surface area contributed by atoms with Gasteiger partial charge in [0.1, 0.15) is 0 Å². The minimum atomic E-state index is 1.12. The van der Waals surface area contributed by atoms with Gasteiger partial charge in [0, 0.05) is 0 Å². The van der Waals surface area contributed by atoms with Crippen LogP contribution in [0, 0.1) is 0 Å². The molecule has 0 N–H and O–H groups in total. The van der Waals surface area contributed by atoms with Crippen LogP contribution in [0.5, 0.6) is 0 Å². The van der Waals surface area contributed by atoms with Crippen molar-refractivity contribution in [3.05, 3.63) is 109 Å². The van der Waals surface area contributed by atoms with Crippen molar-refractivity contribution in [3.63, 3.8) is 0 Å². The van der Waals surface area contributed by atoms with Crippen LogP contribution in [0.2, 0.25) is 0 Å². The lowest BCUT2D eigenvalue weighted by Gasteiger charge is -1.94. The lowest BCUT2D eigenvalue weighted by atomic mass is 10.1. The number of rotatable bonds is 4. The fraction of sp³-hybridized carbons (Fsp3) is 0.0909. The molecule has 0 saturated heterocycles. The van der Waals surface area contributed by atoms with E-state index in [1.165, 1.54) is 11.1 Å². The van der Waals surface area contributed by atoms with Crippen LogP contribution in [-0.2, 0) is 0 Å². The molecule has 0 aliphatic rings. The molecule has 2 rings (SSSR count). The first-order chi connectivity index (χ1) is 10.7. The first kappa shape index (κ1) is 17.5. The summed E-state index contributed by atoms with van der Waals surface area (Å²) in [7, 11) is 0. The highest BCUT2D eigenvalue weighted by Gasteiger charge is 1.86. The van der Waals surface area contributed by atoms with E-state index in [4.69, 9.17) is 0 Å². The van der Waals surface area contributed by atoms with Crippen molar-refractivity contribution >= 4 is 11.6 Å². The lowest BCUT2D eigenvalue weighted by molar-refractivity contribution is 1.58. The number of allylic oxidation sites excluding steroid dienone is 6. The van der Waals surface area contributed by atoms with Gasteiger partial charge in [0.25, 0.3) is 0 Å². The molecule has 0 heteroatoms. The first-order valence-corrected chi connectivity index (χ1v) is 7.46. The second-order valence-corrected chi connectivity index (χ2v) is 4.83. The van der Waals surface area contributed by atoms with Crippen molar-refractivity contribution in [2.75, 3.05) is 0 Å². The summed E-state index contributed by atoms with van der Waals surface area (Å²) in [5.41, 5.74) is 3.57. The maximum absolute atomic E-state index is 3.83. The SMILES string of the molecule is C=C(C)c1ccccc1.CC=CC=CC=Cc1ccccc1. The molecule has 112 valence electrons. The van der Waals surface area contributed by atoms with Crippen LogP contribution in [-0.4, -0.2) is 0 Å². The van der Waals surface area contributed by atoms with Crippen LogP contribution in [0.4, 0.5) is 0 Å². The Labute approximate surface area is 134 Å². The van der Waals surface area contributed by atoms with Gasteiger partial charge in [-0.3, -0.25) is 0 Å². The van der Waals surface area contributed by atoms with Crippen LogP contribution < -0.4 is 0 Å². The van der Waals surface area contributed by atoms with E-state index >= 15 is 0 Å². The molecule has 0 aliphatic carbocycles. The minimum Gasteiger partial charge on any atom is -0.0955 e. The van der Waals surface area contributed by atoms with Gasteiger partial charge in [-0.2, -0.15) is 0 Å². The molecule has 0 fully saturated rings.